The minimum absolute atomic E-state index is 0.0457. The molecule has 2 unspecified atom stereocenters. The molecule has 2 atom stereocenters. The molecule has 3 aromatic carbocycles. The number of aliphatic hydroxyl groups is 1. The fourth-order valence-electron chi connectivity index (χ4n) is 4.99. The number of aliphatic hydroxyl groups excluding tert-OH is 1. The molecule has 0 spiro atoms. The summed E-state index contributed by atoms with van der Waals surface area (Å²) < 4.78 is 20.2. The third kappa shape index (κ3) is 5.01. The van der Waals surface area contributed by atoms with Gasteiger partial charge in [0.15, 0.2) is 4.34 Å². The number of carbonyl (C=O) groups excluding carboxylic acids is 2. The number of fused-ring (bicyclic) bond motifs is 1. The zero-order valence-corrected chi connectivity index (χ0v) is 23.5. The molecule has 13 heteroatoms. The summed E-state index contributed by atoms with van der Waals surface area (Å²) in [5.74, 6) is -1.79. The third-order valence-electron chi connectivity index (χ3n) is 6.92. The van der Waals surface area contributed by atoms with Crippen LogP contribution in [0.25, 0.3) is 5.76 Å². The van der Waals surface area contributed by atoms with Gasteiger partial charge in [-0.3, -0.25) is 24.6 Å². The van der Waals surface area contributed by atoms with Gasteiger partial charge in [0.1, 0.15) is 23.4 Å². The molecule has 42 heavy (non-hydrogen) atoms. The number of nitro groups is 1. The van der Waals surface area contributed by atoms with Crippen molar-refractivity contribution >= 4 is 51.4 Å². The first-order chi connectivity index (χ1) is 20.2. The van der Waals surface area contributed by atoms with Gasteiger partial charge in [0, 0.05) is 29.9 Å². The van der Waals surface area contributed by atoms with Crippen molar-refractivity contribution in [2.45, 2.75) is 35.6 Å². The van der Waals surface area contributed by atoms with Crippen LogP contribution in [0.15, 0.2) is 76.6 Å². The number of hydrogen-bond acceptors (Lipinski definition) is 10. The van der Waals surface area contributed by atoms with Crippen LogP contribution in [0.4, 0.5) is 15.2 Å². The zero-order chi connectivity index (χ0) is 29.5. The fourth-order valence-corrected chi connectivity index (χ4v) is 6.85. The SMILES string of the molecule is CC1Cc2cc(/C(O)=C3\C(=O)C(=O)N(c4nnc(SCc5ccccc5F)s4)C3c3cccc([N+](=O)[O-])c3)ccc2O1. The highest BCUT2D eigenvalue weighted by molar-refractivity contribution is 8.00. The maximum Gasteiger partial charge on any atom is 0.301 e. The Labute approximate surface area is 246 Å². The Bertz CT molecular complexity index is 1790. The number of anilines is 1. The molecule has 6 rings (SSSR count). The lowest BCUT2D eigenvalue weighted by Crippen LogP contribution is -2.29. The van der Waals surface area contributed by atoms with Crippen LogP contribution in [0.3, 0.4) is 0 Å². The number of ether oxygens (including phenoxy) is 1. The van der Waals surface area contributed by atoms with Gasteiger partial charge in [0.2, 0.25) is 5.13 Å². The molecule has 1 N–H and O–H groups in total. The number of aromatic nitrogens is 2. The summed E-state index contributed by atoms with van der Waals surface area (Å²) in [6.07, 6.45) is 0.563. The summed E-state index contributed by atoms with van der Waals surface area (Å²) in [6.45, 7) is 1.92. The summed E-state index contributed by atoms with van der Waals surface area (Å²) in [4.78, 5) is 39.0. The van der Waals surface area contributed by atoms with Gasteiger partial charge in [-0.15, -0.1) is 10.2 Å². The number of non-ortho nitro benzene ring substituents is 1. The van der Waals surface area contributed by atoms with Gasteiger partial charge < -0.3 is 9.84 Å². The summed E-state index contributed by atoms with van der Waals surface area (Å²) in [5.41, 5.74) is 1.36. The average molecular weight is 605 g/mol. The minimum atomic E-state index is -1.22. The largest absolute Gasteiger partial charge is 0.507 e. The fraction of sp³-hybridized carbons (Fsp3) is 0.172. The zero-order valence-electron chi connectivity index (χ0n) is 21.9. The molecule has 1 aromatic heterocycles. The Balaban J connectivity index is 1.42. The molecular formula is C29H21FN4O6S2. The Hall–Kier alpha value is -4.62. The van der Waals surface area contributed by atoms with Gasteiger partial charge >= 0.3 is 5.91 Å². The number of nitro benzene ring substituents is 1. The van der Waals surface area contributed by atoms with E-state index in [1.807, 2.05) is 6.92 Å². The number of thioether (sulfide) groups is 1. The lowest BCUT2D eigenvalue weighted by molar-refractivity contribution is -0.384. The van der Waals surface area contributed by atoms with Crippen LogP contribution in [0, 0.1) is 15.9 Å². The molecule has 0 radical (unpaired) electrons. The van der Waals surface area contributed by atoms with Crippen molar-refractivity contribution < 1.29 is 28.7 Å². The van der Waals surface area contributed by atoms with Gasteiger partial charge in [-0.1, -0.05) is 53.4 Å². The van der Waals surface area contributed by atoms with E-state index in [9.17, 15) is 29.2 Å². The summed E-state index contributed by atoms with van der Waals surface area (Å²) in [5, 5.41) is 31.3. The quantitative estimate of drug-likeness (QED) is 0.0526. The molecule has 0 saturated carbocycles. The highest BCUT2D eigenvalue weighted by Gasteiger charge is 2.48. The molecule has 4 aromatic rings. The molecular weight excluding hydrogens is 583 g/mol. The maximum atomic E-state index is 14.1. The number of halogens is 1. The van der Waals surface area contributed by atoms with Crippen LogP contribution in [0.2, 0.25) is 0 Å². The number of nitrogens with zero attached hydrogens (tertiary/aromatic N) is 4. The molecule has 2 aliphatic heterocycles. The number of hydrogen-bond donors (Lipinski definition) is 1. The molecule has 2 aliphatic rings. The Morgan fingerprint density at radius 3 is 2.76 bits per heavy atom. The van der Waals surface area contributed by atoms with Gasteiger partial charge in [-0.05, 0) is 47.9 Å². The number of ketones is 1. The van der Waals surface area contributed by atoms with Crippen molar-refractivity contribution in [1.29, 1.82) is 0 Å². The molecule has 1 saturated heterocycles. The third-order valence-corrected chi connectivity index (χ3v) is 9.03. The number of amides is 1. The van der Waals surface area contributed by atoms with Crippen LogP contribution < -0.4 is 9.64 Å². The Morgan fingerprint density at radius 1 is 1.17 bits per heavy atom. The monoisotopic (exact) mass is 604 g/mol. The van der Waals surface area contributed by atoms with Crippen LogP contribution in [-0.4, -0.2) is 38.0 Å². The Kier molecular flexibility index (Phi) is 7.21. The molecule has 212 valence electrons. The molecule has 10 nitrogen and oxygen atoms in total. The highest BCUT2D eigenvalue weighted by Crippen LogP contribution is 2.45. The standard InChI is InChI=1S/C29H21FN4O6S2/c1-15-11-19-12-17(9-10-22(19)40-15)25(35)23-24(16-6-4-7-20(13-16)34(38)39)33(27(37)26(23)36)28-31-32-29(42-28)41-14-18-5-2-3-8-21(18)30/h2-10,12-13,15,24,35H,11,14H2,1H3/b25-23+. The van der Waals surface area contributed by atoms with Crippen molar-refractivity contribution in [3.8, 4) is 5.75 Å². The first kappa shape index (κ1) is 27.5. The number of carbonyl (C=O) groups is 2. The van der Waals surface area contributed by atoms with E-state index in [0.717, 1.165) is 21.8 Å². The van der Waals surface area contributed by atoms with Crippen LogP contribution in [-0.2, 0) is 21.8 Å². The lowest BCUT2D eigenvalue weighted by Gasteiger charge is -2.22. The average Bonchev–Trinajstić information content (AvgIpc) is 3.67. The molecule has 0 bridgehead atoms. The lowest BCUT2D eigenvalue weighted by atomic mass is 9.94. The van der Waals surface area contributed by atoms with Gasteiger partial charge in [0.25, 0.3) is 11.5 Å². The second-order valence-electron chi connectivity index (χ2n) is 9.71. The van der Waals surface area contributed by atoms with E-state index in [1.165, 1.54) is 42.1 Å². The van der Waals surface area contributed by atoms with Crippen LogP contribution in [0.5, 0.6) is 5.75 Å². The second-order valence-corrected chi connectivity index (χ2v) is 11.9. The van der Waals surface area contributed by atoms with Crippen molar-refractivity contribution in [2.75, 3.05) is 4.90 Å². The van der Waals surface area contributed by atoms with E-state index in [1.54, 1.807) is 36.4 Å². The van der Waals surface area contributed by atoms with Crippen molar-refractivity contribution in [1.82, 2.24) is 10.2 Å². The van der Waals surface area contributed by atoms with E-state index >= 15 is 0 Å². The summed E-state index contributed by atoms with van der Waals surface area (Å²) in [7, 11) is 0. The van der Waals surface area contributed by atoms with E-state index in [0.29, 0.717) is 27.6 Å². The van der Waals surface area contributed by atoms with Gasteiger partial charge in [-0.2, -0.15) is 0 Å². The van der Waals surface area contributed by atoms with E-state index < -0.39 is 28.4 Å². The first-order valence-corrected chi connectivity index (χ1v) is 14.6. The number of benzene rings is 3. The normalized spacial score (nSPS) is 19.1. The van der Waals surface area contributed by atoms with Crippen molar-refractivity contribution in [2.24, 2.45) is 0 Å². The van der Waals surface area contributed by atoms with Crippen molar-refractivity contribution in [3.63, 3.8) is 0 Å². The van der Waals surface area contributed by atoms with E-state index in [2.05, 4.69) is 10.2 Å². The van der Waals surface area contributed by atoms with Crippen LogP contribution in [0.1, 0.15) is 35.2 Å². The smallest absolute Gasteiger partial charge is 0.301 e. The number of Topliss-reactive ketones (excluding diaryl/α,β-unsaturated/α-hetero) is 1. The van der Waals surface area contributed by atoms with E-state index in [4.69, 9.17) is 4.74 Å². The predicted molar refractivity (Wildman–Crippen MR) is 154 cm³/mol. The second kappa shape index (κ2) is 11.0. The molecule has 3 heterocycles. The highest BCUT2D eigenvalue weighted by atomic mass is 32.2. The Morgan fingerprint density at radius 2 is 1.98 bits per heavy atom. The summed E-state index contributed by atoms with van der Waals surface area (Å²) >= 11 is 2.22. The predicted octanol–water partition coefficient (Wildman–Crippen LogP) is 5.83. The molecule has 1 amide bonds. The van der Waals surface area contributed by atoms with E-state index in [-0.39, 0.29) is 39.6 Å². The van der Waals surface area contributed by atoms with Gasteiger partial charge in [0.05, 0.1) is 16.5 Å². The topological polar surface area (TPSA) is 136 Å². The molecule has 0 aliphatic carbocycles. The van der Waals surface area contributed by atoms with Gasteiger partial charge in [-0.25, -0.2) is 4.39 Å². The number of rotatable bonds is 7. The van der Waals surface area contributed by atoms with Crippen LogP contribution >= 0.6 is 23.1 Å². The molecule has 1 fully saturated rings. The first-order valence-electron chi connectivity index (χ1n) is 12.8. The summed E-state index contributed by atoms with van der Waals surface area (Å²) in [6, 6.07) is 15.6. The maximum absolute atomic E-state index is 14.1. The van der Waals surface area contributed by atoms with Crippen molar-refractivity contribution in [3.05, 3.63) is 110 Å². The minimum Gasteiger partial charge on any atom is -0.507 e.